The average molecular weight is 285 g/mol. The Morgan fingerprint density at radius 2 is 1.95 bits per heavy atom. The predicted molar refractivity (Wildman–Crippen MR) is 83.0 cm³/mol. The van der Waals surface area contributed by atoms with Gasteiger partial charge in [-0.25, -0.2) is 0 Å². The normalized spacial score (nSPS) is 16.2. The van der Waals surface area contributed by atoms with Gasteiger partial charge in [0.15, 0.2) is 0 Å². The maximum Gasteiger partial charge on any atom is 0.0659 e. The van der Waals surface area contributed by atoms with Gasteiger partial charge in [-0.05, 0) is 30.9 Å². The molecule has 0 saturated carbocycles. The zero-order valence-corrected chi connectivity index (χ0v) is 12.4. The van der Waals surface area contributed by atoms with Gasteiger partial charge < -0.3 is 10.1 Å². The number of rotatable bonds is 6. The third-order valence-corrected chi connectivity index (χ3v) is 3.98. The largest absolute Gasteiger partial charge is 0.381 e. The van der Waals surface area contributed by atoms with E-state index in [0.29, 0.717) is 0 Å². The zero-order valence-electron chi connectivity index (χ0n) is 12.4. The van der Waals surface area contributed by atoms with Crippen LogP contribution in [0.2, 0.25) is 0 Å². The average Bonchev–Trinajstić information content (AvgIpc) is 2.97. The van der Waals surface area contributed by atoms with Crippen LogP contribution in [0, 0.1) is 5.92 Å². The molecule has 1 N–H and O–H groups in total. The molecule has 4 nitrogen and oxygen atoms in total. The molecule has 1 aromatic heterocycles. The standard InChI is InChI=1S/C17H23N3O/c1-2-4-16(5-3-1)13-20-14-17(12-19-20)11-18-10-15-6-8-21-9-7-15/h1-5,12,14-15,18H,6-11,13H2. The summed E-state index contributed by atoms with van der Waals surface area (Å²) < 4.78 is 7.38. The first-order valence-electron chi connectivity index (χ1n) is 7.74. The maximum absolute atomic E-state index is 5.38. The molecule has 0 aliphatic carbocycles. The van der Waals surface area contributed by atoms with Crippen LogP contribution in [-0.2, 0) is 17.8 Å². The lowest BCUT2D eigenvalue weighted by atomic mass is 10.0. The monoisotopic (exact) mass is 285 g/mol. The minimum atomic E-state index is 0.762. The summed E-state index contributed by atoms with van der Waals surface area (Å²) in [5.74, 6) is 0.762. The van der Waals surface area contributed by atoms with Crippen LogP contribution in [0.4, 0.5) is 0 Å². The van der Waals surface area contributed by atoms with E-state index in [9.17, 15) is 0 Å². The fourth-order valence-electron chi connectivity index (χ4n) is 2.73. The molecule has 2 heterocycles. The molecule has 4 heteroatoms. The third kappa shape index (κ3) is 4.41. The second-order valence-electron chi connectivity index (χ2n) is 5.72. The number of ether oxygens (including phenoxy) is 1. The maximum atomic E-state index is 5.38. The number of hydrogen-bond donors (Lipinski definition) is 1. The second kappa shape index (κ2) is 7.38. The SMILES string of the molecule is c1ccc(Cn2cc(CNCC3CCOCC3)cn2)cc1. The summed E-state index contributed by atoms with van der Waals surface area (Å²) in [5, 5.41) is 7.97. The van der Waals surface area contributed by atoms with Gasteiger partial charge in [-0.1, -0.05) is 30.3 Å². The van der Waals surface area contributed by atoms with Crippen LogP contribution in [0.25, 0.3) is 0 Å². The van der Waals surface area contributed by atoms with E-state index in [0.717, 1.165) is 38.8 Å². The molecular weight excluding hydrogens is 262 g/mol. The summed E-state index contributed by atoms with van der Waals surface area (Å²) in [4.78, 5) is 0. The quantitative estimate of drug-likeness (QED) is 0.886. The summed E-state index contributed by atoms with van der Waals surface area (Å²) in [6.07, 6.45) is 6.45. The molecule has 1 fully saturated rings. The molecule has 3 rings (SSSR count). The molecule has 0 unspecified atom stereocenters. The van der Waals surface area contributed by atoms with Gasteiger partial charge in [0.1, 0.15) is 0 Å². The summed E-state index contributed by atoms with van der Waals surface area (Å²) in [5.41, 5.74) is 2.53. The molecule has 1 aliphatic heterocycles. The lowest BCUT2D eigenvalue weighted by Gasteiger charge is -2.22. The molecule has 2 aromatic rings. The van der Waals surface area contributed by atoms with Crippen molar-refractivity contribution in [2.75, 3.05) is 19.8 Å². The molecular formula is C17H23N3O. The second-order valence-corrected chi connectivity index (χ2v) is 5.72. The van der Waals surface area contributed by atoms with Crippen LogP contribution in [0.3, 0.4) is 0 Å². The molecule has 0 spiro atoms. The third-order valence-electron chi connectivity index (χ3n) is 3.98. The van der Waals surface area contributed by atoms with Crippen molar-refractivity contribution in [1.82, 2.24) is 15.1 Å². The summed E-state index contributed by atoms with van der Waals surface area (Å²) in [7, 11) is 0. The molecule has 21 heavy (non-hydrogen) atoms. The van der Waals surface area contributed by atoms with Crippen LogP contribution < -0.4 is 5.32 Å². The van der Waals surface area contributed by atoms with Crippen molar-refractivity contribution >= 4 is 0 Å². The summed E-state index contributed by atoms with van der Waals surface area (Å²) in [6.45, 7) is 4.64. The van der Waals surface area contributed by atoms with Crippen molar-refractivity contribution < 1.29 is 4.74 Å². The number of nitrogens with one attached hydrogen (secondary N) is 1. The van der Waals surface area contributed by atoms with E-state index in [1.807, 2.05) is 16.9 Å². The zero-order chi connectivity index (χ0) is 14.3. The topological polar surface area (TPSA) is 39.1 Å². The van der Waals surface area contributed by atoms with Crippen molar-refractivity contribution in [2.24, 2.45) is 5.92 Å². The highest BCUT2D eigenvalue weighted by Crippen LogP contribution is 2.13. The Balaban J connectivity index is 1.44. The van der Waals surface area contributed by atoms with E-state index in [-0.39, 0.29) is 0 Å². The smallest absolute Gasteiger partial charge is 0.0659 e. The molecule has 112 valence electrons. The van der Waals surface area contributed by atoms with Gasteiger partial charge in [0.05, 0.1) is 12.7 Å². The molecule has 0 atom stereocenters. The Morgan fingerprint density at radius 1 is 1.14 bits per heavy atom. The first kappa shape index (κ1) is 14.3. The van der Waals surface area contributed by atoms with Crippen molar-refractivity contribution in [3.8, 4) is 0 Å². The molecule has 1 aliphatic rings. The van der Waals surface area contributed by atoms with Crippen LogP contribution in [0.1, 0.15) is 24.0 Å². The van der Waals surface area contributed by atoms with E-state index >= 15 is 0 Å². The molecule has 0 amide bonds. The highest BCUT2D eigenvalue weighted by atomic mass is 16.5. The van der Waals surface area contributed by atoms with Gasteiger partial charge in [-0.2, -0.15) is 5.10 Å². The summed E-state index contributed by atoms with van der Waals surface area (Å²) >= 11 is 0. The van der Waals surface area contributed by atoms with E-state index in [4.69, 9.17) is 4.74 Å². The van der Waals surface area contributed by atoms with E-state index in [1.54, 1.807) is 0 Å². The Kier molecular flexibility index (Phi) is 5.03. The van der Waals surface area contributed by atoms with Gasteiger partial charge in [0.2, 0.25) is 0 Å². The highest BCUT2D eigenvalue weighted by Gasteiger charge is 2.12. The Hall–Kier alpha value is -1.65. The lowest BCUT2D eigenvalue weighted by molar-refractivity contribution is 0.0662. The molecule has 0 bridgehead atoms. The van der Waals surface area contributed by atoms with Crippen molar-refractivity contribution in [3.63, 3.8) is 0 Å². The van der Waals surface area contributed by atoms with E-state index in [1.165, 1.54) is 24.0 Å². The first-order valence-corrected chi connectivity index (χ1v) is 7.74. The number of nitrogens with zero attached hydrogens (tertiary/aromatic N) is 2. The number of benzene rings is 1. The number of aromatic nitrogens is 2. The van der Waals surface area contributed by atoms with Crippen molar-refractivity contribution in [3.05, 3.63) is 53.9 Å². The minimum absolute atomic E-state index is 0.762. The van der Waals surface area contributed by atoms with Crippen LogP contribution >= 0.6 is 0 Å². The van der Waals surface area contributed by atoms with E-state index < -0.39 is 0 Å². The lowest BCUT2D eigenvalue weighted by Crippen LogP contribution is -2.27. The predicted octanol–water partition coefficient (Wildman–Crippen LogP) is 2.45. The van der Waals surface area contributed by atoms with Gasteiger partial charge in [-0.15, -0.1) is 0 Å². The van der Waals surface area contributed by atoms with Crippen LogP contribution in [0.15, 0.2) is 42.7 Å². The fraction of sp³-hybridized carbons (Fsp3) is 0.471. The molecule has 1 saturated heterocycles. The van der Waals surface area contributed by atoms with Gasteiger partial charge in [0, 0.05) is 31.5 Å². The Labute approximate surface area is 126 Å². The van der Waals surface area contributed by atoms with Crippen molar-refractivity contribution in [1.29, 1.82) is 0 Å². The number of hydrogen-bond acceptors (Lipinski definition) is 3. The Bertz CT molecular complexity index is 532. The first-order chi connectivity index (χ1) is 10.4. The van der Waals surface area contributed by atoms with Crippen LogP contribution in [-0.4, -0.2) is 29.5 Å². The Morgan fingerprint density at radius 3 is 2.76 bits per heavy atom. The van der Waals surface area contributed by atoms with Crippen molar-refractivity contribution in [2.45, 2.75) is 25.9 Å². The van der Waals surface area contributed by atoms with Gasteiger partial charge in [-0.3, -0.25) is 4.68 Å². The molecule has 1 aromatic carbocycles. The fourth-order valence-corrected chi connectivity index (χ4v) is 2.73. The highest BCUT2D eigenvalue weighted by molar-refractivity contribution is 5.15. The van der Waals surface area contributed by atoms with E-state index in [2.05, 4.69) is 40.9 Å². The minimum Gasteiger partial charge on any atom is -0.381 e. The summed E-state index contributed by atoms with van der Waals surface area (Å²) in [6, 6.07) is 10.4. The molecule has 0 radical (unpaired) electrons. The van der Waals surface area contributed by atoms with Crippen LogP contribution in [0.5, 0.6) is 0 Å². The van der Waals surface area contributed by atoms with Gasteiger partial charge >= 0.3 is 0 Å². The van der Waals surface area contributed by atoms with Gasteiger partial charge in [0.25, 0.3) is 0 Å².